The smallest absolute Gasteiger partial charge is 0.208 e. The number of fused-ring (bicyclic) bond motifs is 1. The highest BCUT2D eigenvalue weighted by Gasteiger charge is 2.28. The van der Waals surface area contributed by atoms with E-state index in [0.717, 1.165) is 67.4 Å². The van der Waals surface area contributed by atoms with Gasteiger partial charge < -0.3 is 9.80 Å². The highest BCUT2D eigenvalue weighted by atomic mass is 32.2. The maximum absolute atomic E-state index is 11.6. The van der Waals surface area contributed by atoms with Gasteiger partial charge in [0.2, 0.25) is 10.0 Å². The molecule has 0 radical (unpaired) electrons. The molecule has 3 aromatic rings. The molecule has 0 amide bonds. The average Bonchev–Trinajstić information content (AvgIpc) is 2.84. The predicted molar refractivity (Wildman–Crippen MR) is 135 cm³/mol. The molecule has 0 spiro atoms. The maximum Gasteiger partial charge on any atom is 0.208 e. The van der Waals surface area contributed by atoms with Crippen molar-refractivity contribution in [1.29, 1.82) is 0 Å². The molecule has 1 N–H and O–H groups in total. The third-order valence-electron chi connectivity index (χ3n) is 6.61. The molecule has 2 aliphatic rings. The van der Waals surface area contributed by atoms with Crippen LogP contribution in [0.15, 0.2) is 36.8 Å². The van der Waals surface area contributed by atoms with Crippen LogP contribution in [0.5, 0.6) is 0 Å². The zero-order chi connectivity index (χ0) is 24.6. The molecule has 5 heterocycles. The quantitative estimate of drug-likeness (QED) is 0.570. The van der Waals surface area contributed by atoms with Gasteiger partial charge in [-0.05, 0) is 50.5 Å². The van der Waals surface area contributed by atoms with Crippen molar-refractivity contribution < 1.29 is 8.42 Å². The Bertz CT molecular complexity index is 1310. The summed E-state index contributed by atoms with van der Waals surface area (Å²) >= 11 is 0. The van der Waals surface area contributed by atoms with E-state index in [4.69, 9.17) is 9.97 Å². The lowest BCUT2D eigenvalue weighted by molar-refractivity contribution is 0.460. The van der Waals surface area contributed by atoms with E-state index in [-0.39, 0.29) is 12.1 Å². The third-order valence-corrected chi connectivity index (χ3v) is 7.37. The molecule has 0 aliphatic carbocycles. The molecule has 0 bridgehead atoms. The fraction of sp³-hybridized carbons (Fsp3) is 0.458. The Labute approximate surface area is 205 Å². The number of sulfonamides is 1. The molecule has 0 saturated carbocycles. The summed E-state index contributed by atoms with van der Waals surface area (Å²) in [5, 5.41) is 0. The first kappa shape index (κ1) is 23.6. The summed E-state index contributed by atoms with van der Waals surface area (Å²) in [5.41, 5.74) is 3.26. The summed E-state index contributed by atoms with van der Waals surface area (Å²) in [6, 6.07) is 6.06. The second kappa shape index (κ2) is 9.46. The van der Waals surface area contributed by atoms with Gasteiger partial charge in [0, 0.05) is 56.3 Å². The van der Waals surface area contributed by atoms with Crippen LogP contribution in [0.1, 0.15) is 42.6 Å². The van der Waals surface area contributed by atoms with Crippen molar-refractivity contribution in [2.75, 3.05) is 35.7 Å². The lowest BCUT2D eigenvalue weighted by Crippen LogP contribution is -2.44. The first-order valence-electron chi connectivity index (χ1n) is 11.9. The van der Waals surface area contributed by atoms with Crippen LogP contribution in [-0.2, 0) is 16.4 Å². The number of piperidine rings is 1. The van der Waals surface area contributed by atoms with E-state index in [1.807, 2.05) is 6.20 Å². The molecule has 1 saturated heterocycles. The van der Waals surface area contributed by atoms with Gasteiger partial charge in [-0.2, -0.15) is 0 Å². The van der Waals surface area contributed by atoms with Gasteiger partial charge in [0.15, 0.2) is 11.6 Å². The van der Waals surface area contributed by atoms with Gasteiger partial charge in [-0.1, -0.05) is 0 Å². The Kier molecular flexibility index (Phi) is 6.37. The van der Waals surface area contributed by atoms with E-state index >= 15 is 0 Å². The van der Waals surface area contributed by atoms with Crippen LogP contribution < -0.4 is 14.5 Å². The summed E-state index contributed by atoms with van der Waals surface area (Å²) in [7, 11) is -3.19. The molecule has 0 aromatic carbocycles. The maximum atomic E-state index is 11.6. The first-order chi connectivity index (χ1) is 16.8. The molecule has 184 valence electrons. The number of aromatic nitrogens is 5. The monoisotopic (exact) mass is 494 g/mol. The van der Waals surface area contributed by atoms with Gasteiger partial charge in [-0.15, -0.1) is 0 Å². The number of hydrogen-bond donors (Lipinski definition) is 1. The highest BCUT2D eigenvalue weighted by molar-refractivity contribution is 7.88. The molecule has 10 nitrogen and oxygen atoms in total. The molecule has 11 heteroatoms. The Balaban J connectivity index is 1.34. The number of aryl methyl sites for hydroxylation is 1. The summed E-state index contributed by atoms with van der Waals surface area (Å²) in [6.45, 7) is 6.58. The van der Waals surface area contributed by atoms with Crippen molar-refractivity contribution >= 4 is 21.7 Å². The molecular formula is C24H30N8O2S. The van der Waals surface area contributed by atoms with Crippen LogP contribution in [0, 0.1) is 6.92 Å². The number of anilines is 2. The normalized spacial score (nSPS) is 19.0. The number of rotatable bonds is 5. The Morgan fingerprint density at radius 3 is 2.40 bits per heavy atom. The van der Waals surface area contributed by atoms with Crippen LogP contribution in [0.2, 0.25) is 0 Å². The summed E-state index contributed by atoms with van der Waals surface area (Å²) in [5.74, 6) is 2.95. The molecular weight excluding hydrogens is 464 g/mol. The standard InChI is InChI=1S/C24H30N8O2S/c1-16-13-21(31-10-5-18(6-11-31)30-35(3,33)34)29-22(14-16)32-12-7-20-19(17(32)2)15-27-24(28-20)23-25-8-4-9-26-23/h4,8-9,13-15,17-18,30H,5-7,10-12H2,1-3H3. The summed E-state index contributed by atoms with van der Waals surface area (Å²) in [6.07, 6.45) is 8.80. The predicted octanol–water partition coefficient (Wildman–Crippen LogP) is 2.28. The molecule has 1 atom stereocenters. The summed E-state index contributed by atoms with van der Waals surface area (Å²) < 4.78 is 25.9. The first-order valence-corrected chi connectivity index (χ1v) is 13.8. The van der Waals surface area contributed by atoms with Crippen molar-refractivity contribution in [3.63, 3.8) is 0 Å². The van der Waals surface area contributed by atoms with Crippen molar-refractivity contribution in [2.45, 2.75) is 45.2 Å². The largest absolute Gasteiger partial charge is 0.356 e. The van der Waals surface area contributed by atoms with E-state index in [1.54, 1.807) is 18.5 Å². The van der Waals surface area contributed by atoms with Gasteiger partial charge in [0.05, 0.1) is 18.0 Å². The average molecular weight is 495 g/mol. The van der Waals surface area contributed by atoms with Crippen LogP contribution in [0.4, 0.5) is 11.6 Å². The minimum atomic E-state index is -3.19. The Hall–Kier alpha value is -3.18. The minimum Gasteiger partial charge on any atom is -0.356 e. The number of nitrogens with one attached hydrogen (secondary N) is 1. The minimum absolute atomic E-state index is 0.0182. The molecule has 3 aromatic heterocycles. The number of nitrogens with zero attached hydrogens (tertiary/aromatic N) is 7. The van der Waals surface area contributed by atoms with Crippen LogP contribution in [0.25, 0.3) is 11.6 Å². The zero-order valence-corrected chi connectivity index (χ0v) is 21.0. The molecule has 1 unspecified atom stereocenters. The fourth-order valence-corrected chi connectivity index (χ4v) is 5.71. The molecule has 5 rings (SSSR count). The van der Waals surface area contributed by atoms with E-state index in [9.17, 15) is 8.42 Å². The highest BCUT2D eigenvalue weighted by Crippen LogP contribution is 2.34. The van der Waals surface area contributed by atoms with Gasteiger partial charge in [0.1, 0.15) is 11.6 Å². The second-order valence-corrected chi connectivity index (χ2v) is 11.1. The van der Waals surface area contributed by atoms with Crippen molar-refractivity contribution in [1.82, 2.24) is 29.6 Å². The van der Waals surface area contributed by atoms with Crippen LogP contribution >= 0.6 is 0 Å². The lowest BCUT2D eigenvalue weighted by atomic mass is 9.99. The zero-order valence-electron chi connectivity index (χ0n) is 20.2. The Morgan fingerprint density at radius 1 is 0.971 bits per heavy atom. The van der Waals surface area contributed by atoms with Gasteiger partial charge in [-0.25, -0.2) is 38.1 Å². The van der Waals surface area contributed by atoms with Crippen molar-refractivity contribution in [2.24, 2.45) is 0 Å². The van der Waals surface area contributed by atoms with Crippen molar-refractivity contribution in [3.05, 3.63) is 53.6 Å². The third kappa shape index (κ3) is 5.25. The van der Waals surface area contributed by atoms with Crippen LogP contribution in [0.3, 0.4) is 0 Å². The van der Waals surface area contributed by atoms with Crippen molar-refractivity contribution in [3.8, 4) is 11.6 Å². The van der Waals surface area contributed by atoms with Gasteiger partial charge in [0.25, 0.3) is 0 Å². The lowest BCUT2D eigenvalue weighted by Gasteiger charge is -2.37. The number of hydrogen-bond acceptors (Lipinski definition) is 9. The van der Waals surface area contributed by atoms with E-state index in [2.05, 4.69) is 55.5 Å². The van der Waals surface area contributed by atoms with E-state index in [0.29, 0.717) is 11.6 Å². The van der Waals surface area contributed by atoms with Gasteiger partial charge >= 0.3 is 0 Å². The SMILES string of the molecule is Cc1cc(N2CCC(NS(C)(=O)=O)CC2)nc(N2CCc3nc(-c4ncccn4)ncc3C2C)c1. The molecule has 2 aliphatic heterocycles. The van der Waals surface area contributed by atoms with E-state index < -0.39 is 10.0 Å². The van der Waals surface area contributed by atoms with Crippen LogP contribution in [-0.4, -0.2) is 65.3 Å². The number of pyridine rings is 1. The fourth-order valence-electron chi connectivity index (χ4n) is 4.87. The molecule has 35 heavy (non-hydrogen) atoms. The topological polar surface area (TPSA) is 117 Å². The summed E-state index contributed by atoms with van der Waals surface area (Å²) in [4.78, 5) is 27.4. The van der Waals surface area contributed by atoms with Gasteiger partial charge in [-0.3, -0.25) is 0 Å². The molecule has 1 fully saturated rings. The second-order valence-electron chi connectivity index (χ2n) is 9.30. The Morgan fingerprint density at radius 2 is 1.69 bits per heavy atom. The van der Waals surface area contributed by atoms with E-state index in [1.165, 1.54) is 6.26 Å².